The molecule has 0 saturated carbocycles. The molecule has 1 aromatic heterocycles. The lowest BCUT2D eigenvalue weighted by Crippen LogP contribution is -2.30. The fraction of sp³-hybridized carbons (Fsp3) is 0.231. The zero-order valence-corrected chi connectivity index (χ0v) is 13.1. The molecule has 0 bridgehead atoms. The highest BCUT2D eigenvalue weighted by molar-refractivity contribution is 9.10. The maximum atomic E-state index is 6.22. The van der Waals surface area contributed by atoms with Gasteiger partial charge in [-0.05, 0) is 24.1 Å². The molecule has 0 spiro atoms. The summed E-state index contributed by atoms with van der Waals surface area (Å²) in [5.74, 6) is 6.12. The van der Waals surface area contributed by atoms with E-state index in [0.29, 0.717) is 17.3 Å². The SMILES string of the molecule is COc1cc(C(Cc2ccc(Br)cc2Cl)NN)ncn1. The van der Waals surface area contributed by atoms with Crippen LogP contribution in [0.15, 0.2) is 35.1 Å². The number of nitrogens with zero attached hydrogens (tertiary/aromatic N) is 2. The lowest BCUT2D eigenvalue weighted by molar-refractivity contribution is 0.393. The van der Waals surface area contributed by atoms with E-state index < -0.39 is 0 Å². The van der Waals surface area contributed by atoms with Crippen LogP contribution in [0.5, 0.6) is 5.88 Å². The number of benzene rings is 1. The van der Waals surface area contributed by atoms with E-state index in [1.165, 1.54) is 6.33 Å². The number of nitrogens with one attached hydrogen (secondary N) is 1. The first-order chi connectivity index (χ1) is 9.63. The summed E-state index contributed by atoms with van der Waals surface area (Å²) in [5.41, 5.74) is 4.47. The minimum atomic E-state index is -0.175. The van der Waals surface area contributed by atoms with Crippen LogP contribution in [0.2, 0.25) is 5.02 Å². The van der Waals surface area contributed by atoms with E-state index in [4.69, 9.17) is 22.2 Å². The lowest BCUT2D eigenvalue weighted by atomic mass is 10.0. The second-order valence-electron chi connectivity index (χ2n) is 4.14. The average molecular weight is 358 g/mol. The largest absolute Gasteiger partial charge is 0.481 e. The topological polar surface area (TPSA) is 73.1 Å². The maximum Gasteiger partial charge on any atom is 0.216 e. The zero-order valence-electron chi connectivity index (χ0n) is 10.8. The van der Waals surface area contributed by atoms with Crippen molar-refractivity contribution < 1.29 is 4.74 Å². The van der Waals surface area contributed by atoms with Gasteiger partial charge in [0.2, 0.25) is 5.88 Å². The van der Waals surface area contributed by atoms with Gasteiger partial charge in [-0.2, -0.15) is 0 Å². The highest BCUT2D eigenvalue weighted by Gasteiger charge is 2.15. The van der Waals surface area contributed by atoms with E-state index in [-0.39, 0.29) is 6.04 Å². The molecule has 0 aliphatic rings. The molecule has 3 N–H and O–H groups in total. The van der Waals surface area contributed by atoms with Gasteiger partial charge >= 0.3 is 0 Å². The Labute approximate surface area is 130 Å². The van der Waals surface area contributed by atoms with Gasteiger partial charge in [-0.1, -0.05) is 33.6 Å². The van der Waals surface area contributed by atoms with Crippen molar-refractivity contribution in [1.82, 2.24) is 15.4 Å². The summed E-state index contributed by atoms with van der Waals surface area (Å²) >= 11 is 9.60. The van der Waals surface area contributed by atoms with Crippen LogP contribution in [0.4, 0.5) is 0 Å². The molecule has 1 atom stereocenters. The quantitative estimate of drug-likeness (QED) is 0.636. The second kappa shape index (κ2) is 6.99. The van der Waals surface area contributed by atoms with Crippen LogP contribution in [0, 0.1) is 0 Å². The maximum absolute atomic E-state index is 6.22. The highest BCUT2D eigenvalue weighted by atomic mass is 79.9. The molecule has 1 unspecified atom stereocenters. The van der Waals surface area contributed by atoms with Crippen LogP contribution in [0.1, 0.15) is 17.3 Å². The van der Waals surface area contributed by atoms with Crippen LogP contribution in [0.25, 0.3) is 0 Å². The smallest absolute Gasteiger partial charge is 0.216 e. The monoisotopic (exact) mass is 356 g/mol. The van der Waals surface area contributed by atoms with Crippen LogP contribution in [0.3, 0.4) is 0 Å². The van der Waals surface area contributed by atoms with Gasteiger partial charge in [-0.15, -0.1) is 0 Å². The fourth-order valence-corrected chi connectivity index (χ4v) is 2.56. The van der Waals surface area contributed by atoms with Crippen LogP contribution < -0.4 is 16.0 Å². The minimum Gasteiger partial charge on any atom is -0.481 e. The van der Waals surface area contributed by atoms with Gasteiger partial charge in [0.15, 0.2) is 0 Å². The average Bonchev–Trinajstić information content (AvgIpc) is 2.46. The summed E-state index contributed by atoms with van der Waals surface area (Å²) in [7, 11) is 1.56. The first-order valence-corrected chi connectivity index (χ1v) is 7.07. The summed E-state index contributed by atoms with van der Waals surface area (Å²) < 4.78 is 6.02. The predicted molar refractivity (Wildman–Crippen MR) is 81.5 cm³/mol. The standard InChI is InChI=1S/C13H14BrClN4O/c1-20-13-6-11(17-7-18-13)12(19-16)4-8-2-3-9(14)5-10(8)15/h2-3,5-7,12,19H,4,16H2,1H3. The summed E-state index contributed by atoms with van der Waals surface area (Å²) in [6, 6.07) is 7.32. The molecule has 7 heteroatoms. The molecule has 0 radical (unpaired) electrons. The molecule has 0 saturated heterocycles. The van der Waals surface area contributed by atoms with Crippen molar-refractivity contribution in [2.45, 2.75) is 12.5 Å². The van der Waals surface area contributed by atoms with Crippen LogP contribution in [-0.4, -0.2) is 17.1 Å². The van der Waals surface area contributed by atoms with E-state index in [1.54, 1.807) is 13.2 Å². The van der Waals surface area contributed by atoms with Crippen molar-refractivity contribution in [2.24, 2.45) is 5.84 Å². The van der Waals surface area contributed by atoms with Crippen molar-refractivity contribution in [3.8, 4) is 5.88 Å². The Morgan fingerprint density at radius 1 is 1.40 bits per heavy atom. The number of hydrogen-bond acceptors (Lipinski definition) is 5. The molecule has 1 aromatic carbocycles. The van der Waals surface area contributed by atoms with Gasteiger partial charge in [0, 0.05) is 15.6 Å². The first kappa shape index (κ1) is 15.2. The van der Waals surface area contributed by atoms with Crippen molar-refractivity contribution in [1.29, 1.82) is 0 Å². The summed E-state index contributed by atoms with van der Waals surface area (Å²) in [6.07, 6.45) is 2.06. The Morgan fingerprint density at radius 3 is 2.85 bits per heavy atom. The normalized spacial score (nSPS) is 12.2. The molecule has 0 fully saturated rings. The predicted octanol–water partition coefficient (Wildman–Crippen LogP) is 2.65. The van der Waals surface area contributed by atoms with E-state index >= 15 is 0 Å². The molecule has 5 nitrogen and oxygen atoms in total. The molecule has 2 aromatic rings. The van der Waals surface area contributed by atoms with Gasteiger partial charge in [-0.3, -0.25) is 11.3 Å². The van der Waals surface area contributed by atoms with Gasteiger partial charge in [0.1, 0.15) is 6.33 Å². The molecular formula is C13H14BrClN4O. The van der Waals surface area contributed by atoms with Crippen LogP contribution >= 0.6 is 27.5 Å². The molecule has 2 rings (SSSR count). The number of rotatable bonds is 5. The van der Waals surface area contributed by atoms with Gasteiger partial charge in [-0.25, -0.2) is 9.97 Å². The lowest BCUT2D eigenvalue weighted by Gasteiger charge is -2.16. The third kappa shape index (κ3) is 3.67. The molecule has 0 aliphatic heterocycles. The molecule has 0 aliphatic carbocycles. The summed E-state index contributed by atoms with van der Waals surface area (Å²) in [6.45, 7) is 0. The van der Waals surface area contributed by atoms with Gasteiger partial charge in [0.25, 0.3) is 0 Å². The Balaban J connectivity index is 2.23. The molecule has 20 heavy (non-hydrogen) atoms. The van der Waals surface area contributed by atoms with Crippen LogP contribution in [-0.2, 0) is 6.42 Å². The van der Waals surface area contributed by atoms with E-state index in [1.807, 2.05) is 18.2 Å². The van der Waals surface area contributed by atoms with E-state index in [0.717, 1.165) is 15.7 Å². The summed E-state index contributed by atoms with van der Waals surface area (Å²) in [4.78, 5) is 8.19. The number of halogens is 2. The number of ether oxygens (including phenoxy) is 1. The third-order valence-corrected chi connectivity index (χ3v) is 3.71. The van der Waals surface area contributed by atoms with Gasteiger partial charge in [0.05, 0.1) is 18.8 Å². The fourth-order valence-electron chi connectivity index (χ4n) is 1.81. The van der Waals surface area contributed by atoms with Crippen molar-refractivity contribution in [3.05, 3.63) is 51.3 Å². The second-order valence-corrected chi connectivity index (χ2v) is 5.47. The Hall–Kier alpha value is -1.21. The third-order valence-electron chi connectivity index (χ3n) is 2.87. The Bertz CT molecular complexity index is 596. The van der Waals surface area contributed by atoms with E-state index in [9.17, 15) is 0 Å². The van der Waals surface area contributed by atoms with Gasteiger partial charge < -0.3 is 4.74 Å². The molecular weight excluding hydrogens is 344 g/mol. The summed E-state index contributed by atoms with van der Waals surface area (Å²) in [5, 5.41) is 0.681. The minimum absolute atomic E-state index is 0.175. The number of aromatic nitrogens is 2. The highest BCUT2D eigenvalue weighted by Crippen LogP contribution is 2.26. The molecule has 106 valence electrons. The number of methoxy groups -OCH3 is 1. The number of nitrogens with two attached hydrogens (primary N) is 1. The van der Waals surface area contributed by atoms with E-state index in [2.05, 4.69) is 31.3 Å². The van der Waals surface area contributed by atoms with Crippen molar-refractivity contribution in [2.75, 3.05) is 7.11 Å². The van der Waals surface area contributed by atoms with Crippen molar-refractivity contribution >= 4 is 27.5 Å². The van der Waals surface area contributed by atoms with Crippen molar-refractivity contribution in [3.63, 3.8) is 0 Å². The Kier molecular flexibility index (Phi) is 5.31. The number of hydrogen-bond donors (Lipinski definition) is 2. The Morgan fingerprint density at radius 2 is 2.20 bits per heavy atom. The number of hydrazine groups is 1. The zero-order chi connectivity index (χ0) is 14.5. The molecule has 1 heterocycles. The first-order valence-electron chi connectivity index (χ1n) is 5.90. The molecule has 0 amide bonds.